The third kappa shape index (κ3) is 7.81. The number of ether oxygens (including phenoxy) is 2. The third-order valence-corrected chi connectivity index (χ3v) is 4.60. The molecule has 0 atom stereocenters. The molecule has 0 bridgehead atoms. The number of benzene rings is 3. The number of para-hydroxylation sites is 1. The maximum absolute atomic E-state index is 12.1. The van der Waals surface area contributed by atoms with E-state index in [0.29, 0.717) is 36.0 Å². The summed E-state index contributed by atoms with van der Waals surface area (Å²) in [6.45, 7) is 4.92. The SMILES string of the molecule is CCOc1ccc(NC(=O)CC(=O)NN=Cc2ccccc2OCc2ccc(C)cc2)cc1. The molecule has 33 heavy (non-hydrogen) atoms. The molecule has 0 fully saturated rings. The van der Waals surface area contributed by atoms with E-state index in [1.54, 1.807) is 24.3 Å². The molecule has 0 aromatic heterocycles. The maximum Gasteiger partial charge on any atom is 0.249 e. The summed E-state index contributed by atoms with van der Waals surface area (Å²) in [4.78, 5) is 24.1. The highest BCUT2D eigenvalue weighted by molar-refractivity contribution is 6.03. The van der Waals surface area contributed by atoms with Crippen LogP contribution in [0.1, 0.15) is 30.0 Å². The van der Waals surface area contributed by atoms with Gasteiger partial charge in [-0.3, -0.25) is 9.59 Å². The van der Waals surface area contributed by atoms with Gasteiger partial charge in [-0.15, -0.1) is 0 Å². The Bertz CT molecular complexity index is 1090. The zero-order valence-electron chi connectivity index (χ0n) is 18.7. The Kier molecular flexibility index (Phi) is 8.59. The first-order chi connectivity index (χ1) is 16.0. The molecule has 7 heteroatoms. The lowest BCUT2D eigenvalue weighted by Crippen LogP contribution is -2.24. The van der Waals surface area contributed by atoms with Gasteiger partial charge in [0.25, 0.3) is 0 Å². The summed E-state index contributed by atoms with van der Waals surface area (Å²) in [6, 6.07) is 22.4. The number of rotatable bonds is 10. The lowest BCUT2D eigenvalue weighted by Gasteiger charge is -2.09. The van der Waals surface area contributed by atoms with E-state index < -0.39 is 11.8 Å². The first kappa shape index (κ1) is 23.5. The van der Waals surface area contributed by atoms with Gasteiger partial charge < -0.3 is 14.8 Å². The molecule has 2 amide bonds. The van der Waals surface area contributed by atoms with Crippen molar-refractivity contribution < 1.29 is 19.1 Å². The van der Waals surface area contributed by atoms with Gasteiger partial charge in [0.05, 0.1) is 12.8 Å². The van der Waals surface area contributed by atoms with Gasteiger partial charge in [-0.05, 0) is 55.8 Å². The van der Waals surface area contributed by atoms with Crippen LogP contribution < -0.4 is 20.2 Å². The van der Waals surface area contributed by atoms with Crippen molar-refractivity contribution in [2.24, 2.45) is 5.10 Å². The van der Waals surface area contributed by atoms with Gasteiger partial charge in [0.15, 0.2) is 0 Å². The van der Waals surface area contributed by atoms with Crippen molar-refractivity contribution in [3.63, 3.8) is 0 Å². The van der Waals surface area contributed by atoms with Crippen molar-refractivity contribution >= 4 is 23.7 Å². The quantitative estimate of drug-likeness (QED) is 0.274. The molecule has 0 aliphatic rings. The second kappa shape index (κ2) is 12.0. The Morgan fingerprint density at radius 1 is 0.909 bits per heavy atom. The molecular weight excluding hydrogens is 418 g/mol. The van der Waals surface area contributed by atoms with Crippen LogP contribution in [-0.4, -0.2) is 24.6 Å². The van der Waals surface area contributed by atoms with Gasteiger partial charge in [0.2, 0.25) is 11.8 Å². The van der Waals surface area contributed by atoms with E-state index >= 15 is 0 Å². The van der Waals surface area contributed by atoms with Crippen LogP contribution in [0.2, 0.25) is 0 Å². The number of anilines is 1. The van der Waals surface area contributed by atoms with Gasteiger partial charge in [0, 0.05) is 11.3 Å². The first-order valence-corrected chi connectivity index (χ1v) is 10.7. The number of carbonyl (C=O) groups excluding carboxylic acids is 2. The van der Waals surface area contributed by atoms with E-state index in [9.17, 15) is 9.59 Å². The molecule has 3 aromatic rings. The van der Waals surface area contributed by atoms with Crippen molar-refractivity contribution in [3.8, 4) is 11.5 Å². The van der Waals surface area contributed by atoms with E-state index in [0.717, 1.165) is 5.56 Å². The second-order valence-electron chi connectivity index (χ2n) is 7.29. The fraction of sp³-hybridized carbons (Fsp3) is 0.192. The second-order valence-corrected chi connectivity index (χ2v) is 7.29. The molecule has 7 nitrogen and oxygen atoms in total. The van der Waals surface area contributed by atoms with Crippen molar-refractivity contribution in [2.45, 2.75) is 26.9 Å². The Morgan fingerprint density at radius 2 is 1.64 bits per heavy atom. The minimum atomic E-state index is -0.521. The van der Waals surface area contributed by atoms with Crippen LogP contribution in [0.4, 0.5) is 5.69 Å². The Morgan fingerprint density at radius 3 is 2.36 bits per heavy atom. The van der Waals surface area contributed by atoms with Crippen LogP contribution in [0.3, 0.4) is 0 Å². The molecule has 0 unspecified atom stereocenters. The summed E-state index contributed by atoms with van der Waals surface area (Å²) < 4.78 is 11.3. The number of hydrogen-bond acceptors (Lipinski definition) is 5. The number of carbonyl (C=O) groups is 2. The molecule has 0 aliphatic carbocycles. The lowest BCUT2D eigenvalue weighted by molar-refractivity contribution is -0.126. The fourth-order valence-electron chi connectivity index (χ4n) is 2.93. The molecule has 170 valence electrons. The number of hydrazone groups is 1. The molecule has 3 aromatic carbocycles. The summed E-state index contributed by atoms with van der Waals surface area (Å²) in [7, 11) is 0. The zero-order chi connectivity index (χ0) is 23.5. The zero-order valence-corrected chi connectivity index (χ0v) is 18.7. The van der Waals surface area contributed by atoms with E-state index in [1.807, 2.05) is 62.4 Å². The number of hydrogen-bond donors (Lipinski definition) is 2. The van der Waals surface area contributed by atoms with Crippen LogP contribution in [0.25, 0.3) is 0 Å². The first-order valence-electron chi connectivity index (χ1n) is 10.7. The summed E-state index contributed by atoms with van der Waals surface area (Å²) in [5.74, 6) is 0.399. The molecule has 0 radical (unpaired) electrons. The molecule has 0 aliphatic heterocycles. The van der Waals surface area contributed by atoms with Crippen molar-refractivity contribution in [1.29, 1.82) is 0 Å². The molecule has 0 spiro atoms. The standard InChI is InChI=1S/C26H27N3O4/c1-3-32-23-14-12-22(13-15-23)28-25(30)16-26(31)29-27-17-21-6-4-5-7-24(21)33-18-20-10-8-19(2)9-11-20/h4-15,17H,3,16,18H2,1-2H3,(H,28,30)(H,29,31). The van der Waals surface area contributed by atoms with Crippen LogP contribution in [0, 0.1) is 6.92 Å². The summed E-state index contributed by atoms with van der Waals surface area (Å²) in [5, 5.41) is 6.63. The largest absolute Gasteiger partial charge is 0.494 e. The van der Waals surface area contributed by atoms with Gasteiger partial charge in [0.1, 0.15) is 24.5 Å². The molecule has 0 saturated carbocycles. The molecule has 3 rings (SSSR count). The molecule has 0 saturated heterocycles. The van der Waals surface area contributed by atoms with Crippen LogP contribution in [0.15, 0.2) is 77.9 Å². The minimum Gasteiger partial charge on any atom is -0.494 e. The molecule has 0 heterocycles. The van der Waals surface area contributed by atoms with Crippen LogP contribution in [-0.2, 0) is 16.2 Å². The van der Waals surface area contributed by atoms with Gasteiger partial charge in [-0.25, -0.2) is 5.43 Å². The number of nitrogens with one attached hydrogen (secondary N) is 2. The van der Waals surface area contributed by atoms with E-state index in [2.05, 4.69) is 15.8 Å². The highest BCUT2D eigenvalue weighted by atomic mass is 16.5. The number of amides is 2. The van der Waals surface area contributed by atoms with Gasteiger partial charge in [-0.2, -0.15) is 5.10 Å². The average Bonchev–Trinajstić information content (AvgIpc) is 2.81. The Balaban J connectivity index is 1.48. The number of aryl methyl sites for hydroxylation is 1. The third-order valence-electron chi connectivity index (χ3n) is 4.60. The highest BCUT2D eigenvalue weighted by Gasteiger charge is 2.09. The maximum atomic E-state index is 12.1. The van der Waals surface area contributed by atoms with E-state index in [-0.39, 0.29) is 6.42 Å². The minimum absolute atomic E-state index is 0.351. The predicted octanol–water partition coefficient (Wildman–Crippen LogP) is 4.45. The van der Waals surface area contributed by atoms with Crippen molar-refractivity contribution in [1.82, 2.24) is 5.43 Å². The molecule has 2 N–H and O–H groups in total. The van der Waals surface area contributed by atoms with Crippen molar-refractivity contribution in [2.75, 3.05) is 11.9 Å². The van der Waals surface area contributed by atoms with Gasteiger partial charge in [-0.1, -0.05) is 42.0 Å². The summed E-state index contributed by atoms with van der Waals surface area (Å²) in [6.07, 6.45) is 1.14. The van der Waals surface area contributed by atoms with E-state index in [1.165, 1.54) is 11.8 Å². The number of nitrogens with zero attached hydrogens (tertiary/aromatic N) is 1. The highest BCUT2D eigenvalue weighted by Crippen LogP contribution is 2.18. The van der Waals surface area contributed by atoms with Gasteiger partial charge >= 0.3 is 0 Å². The Hall–Kier alpha value is -4.13. The fourth-order valence-corrected chi connectivity index (χ4v) is 2.93. The summed E-state index contributed by atoms with van der Waals surface area (Å²) >= 11 is 0. The monoisotopic (exact) mass is 445 g/mol. The van der Waals surface area contributed by atoms with Crippen LogP contribution >= 0.6 is 0 Å². The lowest BCUT2D eigenvalue weighted by atomic mass is 10.1. The summed E-state index contributed by atoms with van der Waals surface area (Å²) in [5.41, 5.74) is 5.91. The van der Waals surface area contributed by atoms with E-state index in [4.69, 9.17) is 9.47 Å². The molecular formula is C26H27N3O4. The Labute approximate surface area is 193 Å². The van der Waals surface area contributed by atoms with Crippen LogP contribution in [0.5, 0.6) is 11.5 Å². The predicted molar refractivity (Wildman–Crippen MR) is 129 cm³/mol. The topological polar surface area (TPSA) is 89.0 Å². The van der Waals surface area contributed by atoms with Crippen molar-refractivity contribution in [3.05, 3.63) is 89.5 Å². The average molecular weight is 446 g/mol. The smallest absolute Gasteiger partial charge is 0.249 e. The normalized spacial score (nSPS) is 10.6.